The van der Waals surface area contributed by atoms with Gasteiger partial charge >= 0.3 is 0 Å². The third kappa shape index (κ3) is 2.56. The molecule has 0 N–H and O–H groups in total. The molecule has 1 aromatic heterocycles. The van der Waals surface area contributed by atoms with E-state index in [0.717, 1.165) is 24.2 Å². The summed E-state index contributed by atoms with van der Waals surface area (Å²) in [7, 11) is 0. The maximum Gasteiger partial charge on any atom is 0.183 e. The summed E-state index contributed by atoms with van der Waals surface area (Å²) < 4.78 is 2.41. The maximum atomic E-state index is 13.0. The highest BCUT2D eigenvalue weighted by atomic mass is 16.1. The largest absolute Gasteiger partial charge is 0.363 e. The summed E-state index contributed by atoms with van der Waals surface area (Å²) in [5.41, 5.74) is 5.92. The van der Waals surface area contributed by atoms with Crippen LogP contribution in [0.4, 0.5) is 5.69 Å². The molecule has 3 nitrogen and oxygen atoms in total. The van der Waals surface area contributed by atoms with Crippen molar-refractivity contribution >= 4 is 11.5 Å². The fourth-order valence-corrected chi connectivity index (χ4v) is 4.61. The van der Waals surface area contributed by atoms with Crippen molar-refractivity contribution in [3.05, 3.63) is 52.8 Å². The second kappa shape index (κ2) is 6.12. The molecule has 0 saturated heterocycles. The number of aromatic nitrogens is 1. The van der Waals surface area contributed by atoms with E-state index in [1.165, 1.54) is 42.6 Å². The molecular weight excluding hydrogens is 296 g/mol. The molecule has 3 heteroatoms. The van der Waals surface area contributed by atoms with Gasteiger partial charge in [-0.3, -0.25) is 4.79 Å². The van der Waals surface area contributed by atoms with E-state index in [0.29, 0.717) is 12.6 Å². The second-order valence-corrected chi connectivity index (χ2v) is 7.32. The average Bonchev–Trinajstić information content (AvgIpc) is 3.28. The van der Waals surface area contributed by atoms with E-state index in [1.54, 1.807) is 0 Å². The number of aryl methyl sites for hydroxylation is 1. The molecule has 0 bridgehead atoms. The van der Waals surface area contributed by atoms with Crippen LogP contribution in [0.25, 0.3) is 0 Å². The minimum absolute atomic E-state index is 0.254. The molecule has 0 amide bonds. The number of carbonyl (C=O) groups excluding carboxylic acids is 1. The fraction of sp³-hybridized carbons (Fsp3) is 0.476. The van der Waals surface area contributed by atoms with Crippen LogP contribution in [0.1, 0.15) is 59.0 Å². The van der Waals surface area contributed by atoms with Crippen LogP contribution in [0.15, 0.2) is 30.3 Å². The van der Waals surface area contributed by atoms with E-state index < -0.39 is 0 Å². The molecule has 1 fully saturated rings. The van der Waals surface area contributed by atoms with E-state index in [9.17, 15) is 4.79 Å². The van der Waals surface area contributed by atoms with Gasteiger partial charge < -0.3 is 9.47 Å². The van der Waals surface area contributed by atoms with E-state index in [-0.39, 0.29) is 5.78 Å². The molecule has 0 spiro atoms. The number of ketones is 1. The lowest BCUT2D eigenvalue weighted by atomic mass is 10.1. The summed E-state index contributed by atoms with van der Waals surface area (Å²) in [6.07, 6.45) is 6.18. The predicted octanol–water partition coefficient (Wildman–Crippen LogP) is 4.47. The Morgan fingerprint density at radius 1 is 1.17 bits per heavy atom. The Morgan fingerprint density at radius 3 is 2.71 bits per heavy atom. The van der Waals surface area contributed by atoms with Crippen molar-refractivity contribution in [2.45, 2.75) is 52.0 Å². The first-order valence-corrected chi connectivity index (χ1v) is 9.19. The van der Waals surface area contributed by atoms with Gasteiger partial charge in [-0.2, -0.15) is 0 Å². The number of fused-ring (bicyclic) bond motifs is 1. The van der Waals surface area contributed by atoms with Gasteiger partial charge in [-0.15, -0.1) is 0 Å². The molecule has 126 valence electrons. The van der Waals surface area contributed by atoms with Gasteiger partial charge in [-0.1, -0.05) is 31.0 Å². The first-order chi connectivity index (χ1) is 11.6. The van der Waals surface area contributed by atoms with Gasteiger partial charge in [0.2, 0.25) is 0 Å². The third-order valence-electron chi connectivity index (χ3n) is 5.79. The molecule has 1 saturated carbocycles. The number of benzene rings is 1. The van der Waals surface area contributed by atoms with Crippen LogP contribution < -0.4 is 4.90 Å². The van der Waals surface area contributed by atoms with E-state index in [4.69, 9.17) is 0 Å². The molecule has 2 aromatic rings. The summed E-state index contributed by atoms with van der Waals surface area (Å²) in [6, 6.07) is 11.2. The Kier molecular flexibility index (Phi) is 3.95. The first kappa shape index (κ1) is 15.5. The Bertz CT molecular complexity index is 768. The zero-order valence-electron chi connectivity index (χ0n) is 14.7. The maximum absolute atomic E-state index is 13.0. The zero-order chi connectivity index (χ0) is 16.7. The molecule has 1 aliphatic carbocycles. The van der Waals surface area contributed by atoms with Crippen molar-refractivity contribution in [1.82, 2.24) is 4.57 Å². The molecule has 1 aromatic carbocycles. The lowest BCUT2D eigenvalue weighted by Gasteiger charge is -2.19. The monoisotopic (exact) mass is 322 g/mol. The molecule has 2 aliphatic rings. The van der Waals surface area contributed by atoms with Crippen molar-refractivity contribution in [1.29, 1.82) is 0 Å². The highest BCUT2D eigenvalue weighted by Gasteiger charge is 2.26. The van der Waals surface area contributed by atoms with Gasteiger partial charge in [0.05, 0.1) is 6.54 Å². The Morgan fingerprint density at radius 2 is 1.92 bits per heavy atom. The lowest BCUT2D eigenvalue weighted by molar-refractivity contribution is 0.0998. The van der Waals surface area contributed by atoms with Gasteiger partial charge in [0.15, 0.2) is 5.78 Å². The number of nitrogens with zero attached hydrogens (tertiary/aromatic N) is 2. The molecule has 2 heterocycles. The number of anilines is 1. The number of para-hydroxylation sites is 1. The number of hydrogen-bond acceptors (Lipinski definition) is 2. The van der Waals surface area contributed by atoms with Crippen molar-refractivity contribution < 1.29 is 4.79 Å². The number of carbonyl (C=O) groups is 1. The van der Waals surface area contributed by atoms with Crippen LogP contribution in [-0.2, 0) is 6.42 Å². The van der Waals surface area contributed by atoms with Gasteiger partial charge in [0, 0.05) is 35.2 Å². The molecule has 24 heavy (non-hydrogen) atoms. The summed E-state index contributed by atoms with van der Waals surface area (Å²) in [6.45, 7) is 5.71. The average molecular weight is 322 g/mol. The number of hydrogen-bond donors (Lipinski definition) is 0. The third-order valence-corrected chi connectivity index (χ3v) is 5.79. The van der Waals surface area contributed by atoms with Crippen LogP contribution >= 0.6 is 0 Å². The zero-order valence-corrected chi connectivity index (χ0v) is 14.7. The van der Waals surface area contributed by atoms with Gasteiger partial charge in [0.1, 0.15) is 0 Å². The molecule has 4 rings (SSSR count). The normalized spacial score (nSPS) is 17.5. The van der Waals surface area contributed by atoms with Gasteiger partial charge in [-0.25, -0.2) is 0 Å². The Hall–Kier alpha value is -2.03. The highest BCUT2D eigenvalue weighted by Crippen LogP contribution is 2.34. The topological polar surface area (TPSA) is 25.2 Å². The van der Waals surface area contributed by atoms with Crippen LogP contribution in [0.2, 0.25) is 0 Å². The minimum atomic E-state index is 0.254. The number of Topliss-reactive ketones (excluding diaryl/α,β-unsaturated/α-hetero) is 1. The Labute approximate surface area is 144 Å². The second-order valence-electron chi connectivity index (χ2n) is 7.32. The quantitative estimate of drug-likeness (QED) is 0.776. The molecular formula is C21H26N2O. The SMILES string of the molecule is Cc1cc(C(=O)CN2CCc3ccccc32)c(C)n1C1CCCC1. The van der Waals surface area contributed by atoms with E-state index in [2.05, 4.69) is 53.6 Å². The van der Waals surface area contributed by atoms with E-state index in [1.807, 2.05) is 0 Å². The summed E-state index contributed by atoms with van der Waals surface area (Å²) in [4.78, 5) is 15.2. The predicted molar refractivity (Wildman–Crippen MR) is 98.1 cm³/mol. The van der Waals surface area contributed by atoms with Crippen LogP contribution in [0.5, 0.6) is 0 Å². The van der Waals surface area contributed by atoms with Crippen LogP contribution in [-0.4, -0.2) is 23.4 Å². The summed E-state index contributed by atoms with van der Waals surface area (Å²) in [5, 5.41) is 0. The number of rotatable bonds is 4. The van der Waals surface area contributed by atoms with Gasteiger partial charge in [0.25, 0.3) is 0 Å². The highest BCUT2D eigenvalue weighted by molar-refractivity contribution is 6.00. The van der Waals surface area contributed by atoms with Crippen LogP contribution in [0, 0.1) is 13.8 Å². The minimum Gasteiger partial charge on any atom is -0.363 e. The summed E-state index contributed by atoms with van der Waals surface area (Å²) in [5.74, 6) is 0.254. The molecule has 0 radical (unpaired) electrons. The first-order valence-electron chi connectivity index (χ1n) is 9.19. The lowest BCUT2D eigenvalue weighted by Crippen LogP contribution is -2.28. The summed E-state index contributed by atoms with van der Waals surface area (Å²) >= 11 is 0. The van der Waals surface area contributed by atoms with Crippen molar-refractivity contribution in [2.24, 2.45) is 0 Å². The van der Waals surface area contributed by atoms with E-state index >= 15 is 0 Å². The molecule has 0 unspecified atom stereocenters. The van der Waals surface area contributed by atoms with Crippen molar-refractivity contribution in [3.63, 3.8) is 0 Å². The van der Waals surface area contributed by atoms with Crippen molar-refractivity contribution in [3.8, 4) is 0 Å². The van der Waals surface area contributed by atoms with Crippen molar-refractivity contribution in [2.75, 3.05) is 18.0 Å². The van der Waals surface area contributed by atoms with Gasteiger partial charge in [-0.05, 0) is 50.8 Å². The Balaban J connectivity index is 1.56. The molecule has 1 aliphatic heterocycles. The molecule has 0 atom stereocenters. The van der Waals surface area contributed by atoms with Crippen LogP contribution in [0.3, 0.4) is 0 Å². The standard InChI is InChI=1S/C21H26N2O/c1-15-13-19(16(2)23(15)18-8-4-5-9-18)21(24)14-22-12-11-17-7-3-6-10-20(17)22/h3,6-7,10,13,18H,4-5,8-9,11-12,14H2,1-2H3. The smallest absolute Gasteiger partial charge is 0.183 e. The fourth-order valence-electron chi connectivity index (χ4n) is 4.61.